The molecule has 3 aromatic rings. The van der Waals surface area contributed by atoms with Crippen molar-refractivity contribution in [2.75, 3.05) is 19.3 Å². The number of aliphatic imine (C=N–C) groups is 1. The van der Waals surface area contributed by atoms with Gasteiger partial charge >= 0.3 is 0 Å². The summed E-state index contributed by atoms with van der Waals surface area (Å²) in [6.07, 6.45) is 0. The lowest BCUT2D eigenvalue weighted by atomic mass is 10.0. The number of nitrogens with zero attached hydrogens (tertiary/aromatic N) is 1. The molecule has 0 bridgehead atoms. The molecule has 2 N–H and O–H groups in total. The molecule has 3 aromatic carbocycles. The molecule has 146 valence electrons. The van der Waals surface area contributed by atoms with E-state index in [9.17, 15) is 4.21 Å². The van der Waals surface area contributed by atoms with E-state index in [0.717, 1.165) is 11.5 Å². The first-order valence-corrected chi connectivity index (χ1v) is 11.0. The molecule has 0 aliphatic carbocycles. The van der Waals surface area contributed by atoms with E-state index in [1.54, 1.807) is 7.05 Å². The number of hydrogen-bond acceptors (Lipinski definition) is 2. The van der Waals surface area contributed by atoms with Gasteiger partial charge in [-0.2, -0.15) is 0 Å². The van der Waals surface area contributed by atoms with Crippen molar-refractivity contribution in [3.05, 3.63) is 83.9 Å². The first kappa shape index (κ1) is 20.1. The molecule has 0 saturated carbocycles. The Hall–Kier alpha value is -2.66. The summed E-state index contributed by atoms with van der Waals surface area (Å²) < 4.78 is 12.3. The van der Waals surface area contributed by atoms with Crippen molar-refractivity contribution in [3.8, 4) is 0 Å². The van der Waals surface area contributed by atoms with Gasteiger partial charge in [-0.05, 0) is 34.9 Å². The molecule has 5 heteroatoms. The van der Waals surface area contributed by atoms with Crippen molar-refractivity contribution in [1.29, 1.82) is 0 Å². The van der Waals surface area contributed by atoms with Gasteiger partial charge in [0.05, 0.1) is 6.04 Å². The molecule has 2 unspecified atom stereocenters. The standard InChI is InChI=1S/C23H27N3OS/c1-18(21-13-12-20-10-6-7-11-22(20)16-21)26-23(24-2)25-14-15-28(27)17-19-8-4-3-5-9-19/h3-13,16,18H,14-15,17H2,1-2H3,(H2,24,25,26). The zero-order valence-corrected chi connectivity index (χ0v) is 17.2. The Balaban J connectivity index is 1.50. The van der Waals surface area contributed by atoms with Crippen LogP contribution in [0.5, 0.6) is 0 Å². The Morgan fingerprint density at radius 1 is 1.00 bits per heavy atom. The van der Waals surface area contributed by atoms with Crippen LogP contribution in [0.3, 0.4) is 0 Å². The first-order valence-electron chi connectivity index (χ1n) is 9.50. The highest BCUT2D eigenvalue weighted by molar-refractivity contribution is 7.84. The average molecular weight is 394 g/mol. The summed E-state index contributed by atoms with van der Waals surface area (Å²) >= 11 is 0. The summed E-state index contributed by atoms with van der Waals surface area (Å²) in [7, 11) is 0.854. The van der Waals surface area contributed by atoms with Gasteiger partial charge in [0.1, 0.15) is 0 Å². The second kappa shape index (κ2) is 10.0. The highest BCUT2D eigenvalue weighted by Gasteiger charge is 2.09. The van der Waals surface area contributed by atoms with Crippen LogP contribution in [0.15, 0.2) is 77.8 Å². The number of guanidine groups is 1. The minimum absolute atomic E-state index is 0.116. The molecule has 0 aliphatic rings. The van der Waals surface area contributed by atoms with Crippen LogP contribution >= 0.6 is 0 Å². The SMILES string of the molecule is CN=C(NCCS(=O)Cc1ccccc1)NC(C)c1ccc2ccccc2c1. The van der Waals surface area contributed by atoms with E-state index >= 15 is 0 Å². The fourth-order valence-electron chi connectivity index (χ4n) is 3.08. The number of benzene rings is 3. The van der Waals surface area contributed by atoms with Crippen LogP contribution < -0.4 is 10.6 Å². The lowest BCUT2D eigenvalue weighted by Gasteiger charge is -2.18. The molecule has 0 heterocycles. The van der Waals surface area contributed by atoms with Gasteiger partial charge in [0.25, 0.3) is 0 Å². The predicted octanol–water partition coefficient (Wildman–Crippen LogP) is 4.01. The topological polar surface area (TPSA) is 53.5 Å². The molecule has 0 aromatic heterocycles. The summed E-state index contributed by atoms with van der Waals surface area (Å²) in [5.74, 6) is 1.89. The molecule has 4 nitrogen and oxygen atoms in total. The second-order valence-corrected chi connectivity index (χ2v) is 8.32. The molecule has 28 heavy (non-hydrogen) atoms. The van der Waals surface area contributed by atoms with Gasteiger partial charge in [-0.25, -0.2) is 0 Å². The minimum atomic E-state index is -0.899. The van der Waals surface area contributed by atoms with Gasteiger partial charge in [-0.15, -0.1) is 0 Å². The normalized spacial score (nSPS) is 13.9. The molecule has 0 fully saturated rings. The van der Waals surface area contributed by atoms with Crippen molar-refractivity contribution < 1.29 is 4.21 Å². The highest BCUT2D eigenvalue weighted by Crippen LogP contribution is 2.20. The van der Waals surface area contributed by atoms with E-state index in [-0.39, 0.29) is 6.04 Å². The first-order chi connectivity index (χ1) is 13.7. The van der Waals surface area contributed by atoms with Crippen molar-refractivity contribution in [2.24, 2.45) is 4.99 Å². The predicted molar refractivity (Wildman–Crippen MR) is 120 cm³/mol. The van der Waals surface area contributed by atoms with E-state index in [1.807, 2.05) is 30.3 Å². The van der Waals surface area contributed by atoms with E-state index in [0.29, 0.717) is 18.1 Å². The van der Waals surface area contributed by atoms with Crippen LogP contribution in [0.25, 0.3) is 10.8 Å². The molecule has 0 radical (unpaired) electrons. The number of hydrogen-bond donors (Lipinski definition) is 2. The maximum Gasteiger partial charge on any atom is 0.191 e. The molecule has 0 aliphatic heterocycles. The Labute approximate surface area is 169 Å². The summed E-state index contributed by atoms with van der Waals surface area (Å²) in [4.78, 5) is 4.29. The van der Waals surface area contributed by atoms with E-state index in [1.165, 1.54) is 16.3 Å². The van der Waals surface area contributed by atoms with Gasteiger partial charge in [-0.1, -0.05) is 66.7 Å². The van der Waals surface area contributed by atoms with E-state index in [2.05, 4.69) is 65.0 Å². The lowest BCUT2D eigenvalue weighted by Crippen LogP contribution is -2.40. The third-order valence-electron chi connectivity index (χ3n) is 4.64. The Morgan fingerprint density at radius 2 is 1.71 bits per heavy atom. The van der Waals surface area contributed by atoms with Gasteiger partial charge in [0.15, 0.2) is 5.96 Å². The molecule has 2 atom stereocenters. The van der Waals surface area contributed by atoms with Crippen LogP contribution in [0.2, 0.25) is 0 Å². The summed E-state index contributed by atoms with van der Waals surface area (Å²) in [6.45, 7) is 2.73. The van der Waals surface area contributed by atoms with Gasteiger partial charge in [-0.3, -0.25) is 9.20 Å². The smallest absolute Gasteiger partial charge is 0.191 e. The minimum Gasteiger partial charge on any atom is -0.355 e. The third kappa shape index (κ3) is 5.67. The molecule has 0 spiro atoms. The Kier molecular flexibility index (Phi) is 7.20. The van der Waals surface area contributed by atoms with Crippen molar-refractivity contribution >= 4 is 27.5 Å². The van der Waals surface area contributed by atoms with Gasteiger partial charge in [0, 0.05) is 35.9 Å². The fraction of sp³-hybridized carbons (Fsp3) is 0.261. The lowest BCUT2D eigenvalue weighted by molar-refractivity contribution is 0.676. The highest BCUT2D eigenvalue weighted by atomic mass is 32.2. The number of rotatable bonds is 7. The monoisotopic (exact) mass is 393 g/mol. The Morgan fingerprint density at radius 3 is 2.46 bits per heavy atom. The zero-order valence-electron chi connectivity index (χ0n) is 16.4. The van der Waals surface area contributed by atoms with Crippen LogP contribution in [0, 0.1) is 0 Å². The maximum atomic E-state index is 12.3. The zero-order chi connectivity index (χ0) is 19.8. The number of fused-ring (bicyclic) bond motifs is 1. The molecular formula is C23H27N3OS. The average Bonchev–Trinajstić information content (AvgIpc) is 2.73. The van der Waals surface area contributed by atoms with Crippen LogP contribution in [-0.2, 0) is 16.6 Å². The largest absolute Gasteiger partial charge is 0.355 e. The van der Waals surface area contributed by atoms with Crippen LogP contribution in [-0.4, -0.2) is 29.5 Å². The van der Waals surface area contributed by atoms with E-state index in [4.69, 9.17) is 0 Å². The van der Waals surface area contributed by atoms with Crippen molar-refractivity contribution in [2.45, 2.75) is 18.7 Å². The summed E-state index contributed by atoms with van der Waals surface area (Å²) in [5.41, 5.74) is 2.31. The van der Waals surface area contributed by atoms with Crippen LogP contribution in [0.4, 0.5) is 0 Å². The van der Waals surface area contributed by atoms with Gasteiger partial charge < -0.3 is 10.6 Å². The molecular weight excluding hydrogens is 366 g/mol. The van der Waals surface area contributed by atoms with Gasteiger partial charge in [0.2, 0.25) is 0 Å². The van der Waals surface area contributed by atoms with Crippen molar-refractivity contribution in [3.63, 3.8) is 0 Å². The third-order valence-corrected chi connectivity index (χ3v) is 5.96. The fourth-order valence-corrected chi connectivity index (χ4v) is 4.11. The van der Waals surface area contributed by atoms with E-state index < -0.39 is 10.8 Å². The molecule has 3 rings (SSSR count). The van der Waals surface area contributed by atoms with Crippen LogP contribution in [0.1, 0.15) is 24.1 Å². The number of nitrogens with one attached hydrogen (secondary N) is 2. The summed E-state index contributed by atoms with van der Waals surface area (Å²) in [5, 5.41) is 9.15. The van der Waals surface area contributed by atoms with Crippen molar-refractivity contribution in [1.82, 2.24) is 10.6 Å². The quantitative estimate of drug-likeness (QED) is 0.471. The second-order valence-electron chi connectivity index (χ2n) is 6.75. The molecule has 0 saturated heterocycles. The maximum absolute atomic E-state index is 12.3. The summed E-state index contributed by atoms with van der Waals surface area (Å²) in [6, 6.07) is 24.9. The molecule has 0 amide bonds. The Bertz CT molecular complexity index is 956.